The summed E-state index contributed by atoms with van der Waals surface area (Å²) in [6.07, 6.45) is 10.2. The fourth-order valence-electron chi connectivity index (χ4n) is 2.75. The molecule has 1 N–H and O–H groups in total. The third-order valence-corrected chi connectivity index (χ3v) is 4.18. The number of nitrogens with one attached hydrogen (secondary N) is 1. The Hall–Kier alpha value is -0.600. The minimum absolute atomic E-state index is 0.665. The zero-order valence-electron chi connectivity index (χ0n) is 10.5. The van der Waals surface area contributed by atoms with Crippen LogP contribution >= 0.6 is 11.6 Å². The van der Waals surface area contributed by atoms with Crippen molar-refractivity contribution in [1.29, 1.82) is 0 Å². The van der Waals surface area contributed by atoms with Crippen LogP contribution in [-0.4, -0.2) is 11.0 Å². The van der Waals surface area contributed by atoms with Gasteiger partial charge in [-0.05, 0) is 30.4 Å². The summed E-state index contributed by atoms with van der Waals surface area (Å²) in [5, 5.41) is 4.43. The Morgan fingerprint density at radius 3 is 3.00 bits per heavy atom. The SMILES string of the molecule is CCC1CCCCC1NCc1ccncc1Cl. The number of pyridine rings is 1. The van der Waals surface area contributed by atoms with E-state index in [1.807, 2.05) is 6.07 Å². The molecule has 0 spiro atoms. The lowest BCUT2D eigenvalue weighted by atomic mass is 9.83. The fraction of sp³-hybridized carbons (Fsp3) is 0.643. The largest absolute Gasteiger partial charge is 0.310 e. The van der Waals surface area contributed by atoms with Crippen LogP contribution in [0.5, 0.6) is 0 Å². The normalized spacial score (nSPS) is 24.8. The lowest BCUT2D eigenvalue weighted by Gasteiger charge is -2.31. The molecule has 1 saturated carbocycles. The van der Waals surface area contributed by atoms with Crippen LogP contribution in [-0.2, 0) is 6.54 Å². The van der Waals surface area contributed by atoms with Crippen molar-refractivity contribution in [2.75, 3.05) is 0 Å². The third-order valence-electron chi connectivity index (χ3n) is 3.84. The van der Waals surface area contributed by atoms with Gasteiger partial charge in [0.1, 0.15) is 0 Å². The van der Waals surface area contributed by atoms with E-state index in [-0.39, 0.29) is 0 Å². The molecule has 1 fully saturated rings. The topological polar surface area (TPSA) is 24.9 Å². The average molecular weight is 253 g/mol. The Labute approximate surface area is 109 Å². The van der Waals surface area contributed by atoms with E-state index >= 15 is 0 Å². The number of halogens is 1. The molecule has 2 nitrogen and oxygen atoms in total. The molecule has 1 aliphatic rings. The Balaban J connectivity index is 1.90. The maximum Gasteiger partial charge on any atom is 0.0634 e. The van der Waals surface area contributed by atoms with Crippen LogP contribution in [0, 0.1) is 5.92 Å². The van der Waals surface area contributed by atoms with Gasteiger partial charge in [-0.1, -0.05) is 37.8 Å². The summed E-state index contributed by atoms with van der Waals surface area (Å²) in [5.74, 6) is 0.837. The molecular formula is C14H21ClN2. The molecule has 17 heavy (non-hydrogen) atoms. The first kappa shape index (κ1) is 12.8. The van der Waals surface area contributed by atoms with E-state index in [0.29, 0.717) is 6.04 Å². The summed E-state index contributed by atoms with van der Waals surface area (Å²) in [5.41, 5.74) is 1.15. The van der Waals surface area contributed by atoms with Crippen LogP contribution in [0.3, 0.4) is 0 Å². The van der Waals surface area contributed by atoms with E-state index in [0.717, 1.165) is 23.0 Å². The van der Waals surface area contributed by atoms with Crippen molar-refractivity contribution in [3.63, 3.8) is 0 Å². The summed E-state index contributed by atoms with van der Waals surface area (Å²) in [7, 11) is 0. The highest BCUT2D eigenvalue weighted by Crippen LogP contribution is 2.27. The standard InChI is InChI=1S/C14H21ClN2/c1-2-11-5-3-4-6-14(11)17-9-12-7-8-16-10-13(12)15/h7-8,10-11,14,17H,2-6,9H2,1H3. The van der Waals surface area contributed by atoms with Gasteiger partial charge in [0.2, 0.25) is 0 Å². The Bertz CT molecular complexity index is 354. The van der Waals surface area contributed by atoms with Crippen molar-refractivity contribution < 1.29 is 0 Å². The van der Waals surface area contributed by atoms with Crippen molar-refractivity contribution in [2.24, 2.45) is 5.92 Å². The summed E-state index contributed by atoms with van der Waals surface area (Å²) in [4.78, 5) is 4.01. The Morgan fingerprint density at radius 2 is 2.24 bits per heavy atom. The van der Waals surface area contributed by atoms with Crippen LogP contribution < -0.4 is 5.32 Å². The molecule has 0 aromatic carbocycles. The maximum absolute atomic E-state index is 6.11. The monoisotopic (exact) mass is 252 g/mol. The molecule has 2 atom stereocenters. The second-order valence-electron chi connectivity index (χ2n) is 4.91. The molecular weight excluding hydrogens is 232 g/mol. The van der Waals surface area contributed by atoms with Crippen LogP contribution in [0.4, 0.5) is 0 Å². The van der Waals surface area contributed by atoms with Gasteiger partial charge in [0.15, 0.2) is 0 Å². The Morgan fingerprint density at radius 1 is 1.41 bits per heavy atom. The zero-order chi connectivity index (χ0) is 12.1. The maximum atomic E-state index is 6.11. The smallest absolute Gasteiger partial charge is 0.0634 e. The van der Waals surface area contributed by atoms with E-state index in [1.165, 1.54) is 32.1 Å². The molecule has 2 rings (SSSR count). The number of hydrogen-bond donors (Lipinski definition) is 1. The third kappa shape index (κ3) is 3.43. The highest BCUT2D eigenvalue weighted by Gasteiger charge is 2.22. The lowest BCUT2D eigenvalue weighted by Crippen LogP contribution is -2.37. The van der Waals surface area contributed by atoms with Crippen molar-refractivity contribution in [1.82, 2.24) is 10.3 Å². The van der Waals surface area contributed by atoms with E-state index in [1.54, 1.807) is 12.4 Å². The predicted molar refractivity (Wildman–Crippen MR) is 72.1 cm³/mol. The number of nitrogens with zero attached hydrogens (tertiary/aromatic N) is 1. The molecule has 1 heterocycles. The highest BCUT2D eigenvalue weighted by molar-refractivity contribution is 6.31. The minimum Gasteiger partial charge on any atom is -0.310 e. The van der Waals surface area contributed by atoms with Crippen molar-refractivity contribution in [2.45, 2.75) is 51.6 Å². The fourth-order valence-corrected chi connectivity index (χ4v) is 2.94. The second-order valence-corrected chi connectivity index (χ2v) is 5.31. The summed E-state index contributed by atoms with van der Waals surface area (Å²) in [6.45, 7) is 3.16. The number of hydrogen-bond acceptors (Lipinski definition) is 2. The first-order chi connectivity index (χ1) is 8.31. The second kappa shape index (κ2) is 6.36. The van der Waals surface area contributed by atoms with Gasteiger partial charge in [0.05, 0.1) is 5.02 Å². The van der Waals surface area contributed by atoms with E-state index in [9.17, 15) is 0 Å². The van der Waals surface area contributed by atoms with Crippen LogP contribution in [0.2, 0.25) is 5.02 Å². The van der Waals surface area contributed by atoms with Gasteiger partial charge in [0.25, 0.3) is 0 Å². The van der Waals surface area contributed by atoms with Crippen LogP contribution in [0.25, 0.3) is 0 Å². The molecule has 0 aliphatic heterocycles. The van der Waals surface area contributed by atoms with Gasteiger partial charge in [-0.3, -0.25) is 4.98 Å². The molecule has 0 saturated heterocycles. The van der Waals surface area contributed by atoms with Crippen molar-refractivity contribution in [3.8, 4) is 0 Å². The number of rotatable bonds is 4. The van der Waals surface area contributed by atoms with E-state index in [2.05, 4.69) is 17.2 Å². The van der Waals surface area contributed by atoms with Gasteiger partial charge < -0.3 is 5.32 Å². The van der Waals surface area contributed by atoms with Gasteiger partial charge in [-0.2, -0.15) is 0 Å². The molecule has 94 valence electrons. The molecule has 1 aromatic heterocycles. The number of aromatic nitrogens is 1. The summed E-state index contributed by atoms with van der Waals surface area (Å²) >= 11 is 6.11. The van der Waals surface area contributed by atoms with Gasteiger partial charge in [0, 0.05) is 25.0 Å². The van der Waals surface area contributed by atoms with Crippen molar-refractivity contribution in [3.05, 3.63) is 29.0 Å². The van der Waals surface area contributed by atoms with E-state index < -0.39 is 0 Å². The summed E-state index contributed by atoms with van der Waals surface area (Å²) < 4.78 is 0. The molecule has 0 amide bonds. The minimum atomic E-state index is 0.665. The lowest BCUT2D eigenvalue weighted by molar-refractivity contribution is 0.254. The van der Waals surface area contributed by atoms with Crippen LogP contribution in [0.15, 0.2) is 18.5 Å². The highest BCUT2D eigenvalue weighted by atomic mass is 35.5. The predicted octanol–water partition coefficient (Wildman–Crippen LogP) is 3.79. The van der Waals surface area contributed by atoms with Crippen LogP contribution in [0.1, 0.15) is 44.6 Å². The van der Waals surface area contributed by atoms with Crippen molar-refractivity contribution >= 4 is 11.6 Å². The molecule has 3 heteroatoms. The molecule has 0 radical (unpaired) electrons. The Kier molecular flexibility index (Phi) is 4.81. The van der Waals surface area contributed by atoms with Gasteiger partial charge >= 0.3 is 0 Å². The average Bonchev–Trinajstić information content (AvgIpc) is 2.38. The van der Waals surface area contributed by atoms with Gasteiger partial charge in [-0.25, -0.2) is 0 Å². The quantitative estimate of drug-likeness (QED) is 0.882. The first-order valence-corrected chi connectivity index (χ1v) is 7.00. The summed E-state index contributed by atoms with van der Waals surface area (Å²) in [6, 6.07) is 2.66. The molecule has 2 unspecified atom stereocenters. The zero-order valence-corrected chi connectivity index (χ0v) is 11.2. The molecule has 0 bridgehead atoms. The molecule has 1 aromatic rings. The molecule has 1 aliphatic carbocycles. The van der Waals surface area contributed by atoms with Gasteiger partial charge in [-0.15, -0.1) is 0 Å². The van der Waals surface area contributed by atoms with E-state index in [4.69, 9.17) is 11.6 Å². The first-order valence-electron chi connectivity index (χ1n) is 6.63.